The summed E-state index contributed by atoms with van der Waals surface area (Å²) in [5, 5.41) is 0. The fourth-order valence-electron chi connectivity index (χ4n) is 0.520. The number of halogens is 2. The Bertz CT molecular complexity index is 204. The lowest BCUT2D eigenvalue weighted by molar-refractivity contribution is 0.622. The van der Waals surface area contributed by atoms with Crippen LogP contribution in [-0.2, 0) is 0 Å². The van der Waals surface area contributed by atoms with Gasteiger partial charge in [-0.25, -0.2) is 4.39 Å². The summed E-state index contributed by atoms with van der Waals surface area (Å²) in [4.78, 5) is 0. The third-order valence-corrected chi connectivity index (χ3v) is 1.82. The van der Waals surface area contributed by atoms with Gasteiger partial charge in [0.15, 0.2) is 0 Å². The van der Waals surface area contributed by atoms with Gasteiger partial charge in [-0.3, -0.25) is 0 Å². The van der Waals surface area contributed by atoms with Gasteiger partial charge in [-0.2, -0.15) is 0 Å². The topological polar surface area (TPSA) is 0 Å². The molecule has 0 atom stereocenters. The molecule has 1 rings (SSSR count). The molecule has 1 aromatic carbocycles. The first kappa shape index (κ1) is 6.81. The summed E-state index contributed by atoms with van der Waals surface area (Å²) in [5.41, 5.74) is 0.426. The van der Waals surface area contributed by atoms with Crippen molar-refractivity contribution >= 4 is 29.2 Å². The van der Waals surface area contributed by atoms with E-state index >= 15 is 0 Å². The summed E-state index contributed by atoms with van der Waals surface area (Å²) in [6, 6.07) is 4.54. The van der Waals surface area contributed by atoms with Gasteiger partial charge in [0.1, 0.15) is 13.7 Å². The van der Waals surface area contributed by atoms with Crippen molar-refractivity contribution in [3.63, 3.8) is 0 Å². The largest absolute Gasteiger partial charge is 0.206 e. The molecule has 0 aromatic heterocycles. The minimum Gasteiger partial charge on any atom is -0.206 e. The molecule has 0 bridgehead atoms. The van der Waals surface area contributed by atoms with Gasteiger partial charge in [-0.15, -0.1) is 0 Å². The standard InChI is InChI=1S/C6H3BBrF/c7-4-2-1-3-5(9)6(4)8/h1-3H. The highest BCUT2D eigenvalue weighted by atomic mass is 79.9. The van der Waals surface area contributed by atoms with Gasteiger partial charge in [-0.05, 0) is 22.0 Å². The van der Waals surface area contributed by atoms with Crippen LogP contribution in [0.25, 0.3) is 0 Å². The maximum absolute atomic E-state index is 12.5. The van der Waals surface area contributed by atoms with E-state index in [1.54, 1.807) is 12.1 Å². The monoisotopic (exact) mass is 184 g/mol. The fraction of sp³-hybridized carbons (Fsp3) is 0. The van der Waals surface area contributed by atoms with Crippen LogP contribution in [0.4, 0.5) is 4.39 Å². The van der Waals surface area contributed by atoms with E-state index < -0.39 is 0 Å². The minimum atomic E-state index is -0.324. The van der Waals surface area contributed by atoms with Gasteiger partial charge < -0.3 is 0 Å². The molecule has 0 aliphatic carbocycles. The lowest BCUT2D eigenvalue weighted by Crippen LogP contribution is -2.04. The van der Waals surface area contributed by atoms with Crippen LogP contribution in [0.15, 0.2) is 22.7 Å². The van der Waals surface area contributed by atoms with Crippen LogP contribution in [-0.4, -0.2) is 7.85 Å². The molecule has 0 N–H and O–H groups in total. The number of hydrogen-bond acceptors (Lipinski definition) is 0. The highest BCUT2D eigenvalue weighted by Crippen LogP contribution is 2.09. The maximum atomic E-state index is 12.5. The van der Waals surface area contributed by atoms with Crippen LogP contribution in [0.5, 0.6) is 0 Å². The van der Waals surface area contributed by atoms with Crippen LogP contribution in [0.2, 0.25) is 0 Å². The summed E-state index contributed by atoms with van der Waals surface area (Å²) in [7, 11) is 5.33. The predicted molar refractivity (Wildman–Crippen MR) is 39.5 cm³/mol. The molecular weight excluding hydrogens is 182 g/mol. The summed E-state index contributed by atoms with van der Waals surface area (Å²) in [6.07, 6.45) is 0. The lowest BCUT2D eigenvalue weighted by atomic mass is 9.97. The zero-order chi connectivity index (χ0) is 6.85. The highest BCUT2D eigenvalue weighted by Gasteiger charge is 1.97. The van der Waals surface area contributed by atoms with Crippen LogP contribution in [0, 0.1) is 5.82 Å². The average molecular weight is 185 g/mol. The first-order valence-electron chi connectivity index (χ1n) is 2.41. The molecule has 0 spiro atoms. The molecule has 1 aromatic rings. The molecular formula is C6H3BBrF. The zero-order valence-corrected chi connectivity index (χ0v) is 6.15. The molecule has 0 amide bonds. The molecule has 0 aliphatic heterocycles. The Morgan fingerprint density at radius 3 is 2.56 bits per heavy atom. The van der Waals surface area contributed by atoms with Crippen molar-refractivity contribution in [1.82, 2.24) is 0 Å². The van der Waals surface area contributed by atoms with Crippen molar-refractivity contribution in [2.45, 2.75) is 0 Å². The third kappa shape index (κ3) is 1.33. The zero-order valence-electron chi connectivity index (χ0n) is 4.57. The van der Waals surface area contributed by atoms with Crippen LogP contribution < -0.4 is 5.46 Å². The first-order chi connectivity index (χ1) is 4.22. The van der Waals surface area contributed by atoms with Crippen molar-refractivity contribution in [1.29, 1.82) is 0 Å². The van der Waals surface area contributed by atoms with Crippen LogP contribution in [0.1, 0.15) is 0 Å². The van der Waals surface area contributed by atoms with E-state index in [1.807, 2.05) is 0 Å². The van der Waals surface area contributed by atoms with E-state index in [1.165, 1.54) is 6.07 Å². The van der Waals surface area contributed by atoms with E-state index in [0.717, 1.165) is 0 Å². The molecule has 0 fully saturated rings. The summed E-state index contributed by atoms with van der Waals surface area (Å²) in [5.74, 6) is -0.324. The van der Waals surface area contributed by atoms with Gasteiger partial charge >= 0.3 is 0 Å². The first-order valence-corrected chi connectivity index (χ1v) is 3.20. The van der Waals surface area contributed by atoms with Gasteiger partial charge in [0.25, 0.3) is 0 Å². The molecule has 44 valence electrons. The average Bonchev–Trinajstić information content (AvgIpc) is 1.83. The predicted octanol–water partition coefficient (Wildman–Crippen LogP) is 1.38. The molecule has 0 unspecified atom stereocenters. The van der Waals surface area contributed by atoms with E-state index in [4.69, 9.17) is 7.85 Å². The second-order valence-electron chi connectivity index (χ2n) is 1.64. The van der Waals surface area contributed by atoms with Crippen molar-refractivity contribution in [3.05, 3.63) is 28.5 Å². The molecule has 3 heteroatoms. The summed E-state index contributed by atoms with van der Waals surface area (Å²) in [6.45, 7) is 0. The molecule has 2 radical (unpaired) electrons. The maximum Gasteiger partial charge on any atom is 0.136 e. The van der Waals surface area contributed by atoms with Gasteiger partial charge in [0.2, 0.25) is 0 Å². The Labute approximate surface area is 62.6 Å². The Morgan fingerprint density at radius 1 is 1.44 bits per heavy atom. The molecule has 0 aliphatic rings. The lowest BCUT2D eigenvalue weighted by Gasteiger charge is -1.96. The van der Waals surface area contributed by atoms with Crippen molar-refractivity contribution in [2.75, 3.05) is 0 Å². The molecule has 0 nitrogen and oxygen atoms in total. The second kappa shape index (κ2) is 2.52. The second-order valence-corrected chi connectivity index (χ2v) is 2.44. The van der Waals surface area contributed by atoms with E-state index in [-0.39, 0.29) is 5.82 Å². The molecule has 0 saturated carbocycles. The van der Waals surface area contributed by atoms with E-state index in [0.29, 0.717) is 9.94 Å². The summed E-state index contributed by atoms with van der Waals surface area (Å²) >= 11 is 2.98. The smallest absolute Gasteiger partial charge is 0.136 e. The Hall–Kier alpha value is -0.305. The van der Waals surface area contributed by atoms with Gasteiger partial charge in [0.05, 0.1) is 0 Å². The normalized spacial score (nSPS) is 9.56. The van der Waals surface area contributed by atoms with Crippen LogP contribution in [0.3, 0.4) is 0 Å². The van der Waals surface area contributed by atoms with Gasteiger partial charge in [0, 0.05) is 4.47 Å². The highest BCUT2D eigenvalue weighted by molar-refractivity contribution is 9.10. The van der Waals surface area contributed by atoms with Gasteiger partial charge in [-0.1, -0.05) is 17.6 Å². The van der Waals surface area contributed by atoms with E-state index in [9.17, 15) is 4.39 Å². The number of hydrogen-bond donors (Lipinski definition) is 0. The molecule has 0 heterocycles. The number of benzene rings is 1. The van der Waals surface area contributed by atoms with Crippen molar-refractivity contribution in [2.24, 2.45) is 0 Å². The summed E-state index contributed by atoms with van der Waals surface area (Å²) < 4.78 is 12.8. The van der Waals surface area contributed by atoms with E-state index in [2.05, 4.69) is 15.9 Å². The fourth-order valence-corrected chi connectivity index (χ4v) is 0.785. The third-order valence-electron chi connectivity index (χ3n) is 0.981. The van der Waals surface area contributed by atoms with Crippen LogP contribution >= 0.6 is 15.9 Å². The molecule has 9 heavy (non-hydrogen) atoms. The minimum absolute atomic E-state index is 0.324. The Morgan fingerprint density at radius 2 is 2.11 bits per heavy atom. The molecule has 0 saturated heterocycles. The Kier molecular flexibility index (Phi) is 1.91. The Balaban J connectivity index is 3.25. The SMILES string of the molecule is [B]c1cccc(F)c1Br. The quantitative estimate of drug-likeness (QED) is 0.535. The number of rotatable bonds is 0. The van der Waals surface area contributed by atoms with Crippen molar-refractivity contribution < 1.29 is 4.39 Å². The van der Waals surface area contributed by atoms with Crippen molar-refractivity contribution in [3.8, 4) is 0 Å².